The molecule has 1 atom stereocenters. The van der Waals surface area contributed by atoms with E-state index in [1.54, 1.807) is 11.1 Å². The van der Waals surface area contributed by atoms with Gasteiger partial charge < -0.3 is 9.80 Å². The molecule has 0 N–H and O–H groups in total. The Bertz CT molecular complexity index is 623. The Hall–Kier alpha value is -1.89. The molecule has 1 aromatic heterocycles. The number of aromatic nitrogens is 1. The Kier molecular flexibility index (Phi) is 5.18. The highest BCUT2D eigenvalue weighted by Gasteiger charge is 2.32. The number of sulfone groups is 1. The summed E-state index contributed by atoms with van der Waals surface area (Å²) in [6.07, 6.45) is 3.05. The average molecular weight is 323 g/mol. The predicted octanol–water partition coefficient (Wildman–Crippen LogP) is 0.719. The highest BCUT2D eigenvalue weighted by atomic mass is 32.2. The van der Waals surface area contributed by atoms with Gasteiger partial charge in [-0.3, -0.25) is 4.79 Å². The maximum atomic E-state index is 12.3. The molecule has 1 unspecified atom stereocenters. The summed E-state index contributed by atoms with van der Waals surface area (Å²) in [7, 11) is -3.46. The fraction of sp³-hybridized carbons (Fsp3) is 0.467. The van der Waals surface area contributed by atoms with Crippen molar-refractivity contribution >= 4 is 21.6 Å². The van der Waals surface area contributed by atoms with Crippen LogP contribution in [0.5, 0.6) is 0 Å². The predicted molar refractivity (Wildman–Crippen MR) is 86.5 cm³/mol. The maximum absolute atomic E-state index is 12.3. The van der Waals surface area contributed by atoms with Crippen LogP contribution in [-0.2, 0) is 14.6 Å². The molecule has 1 saturated heterocycles. The van der Waals surface area contributed by atoms with E-state index in [2.05, 4.69) is 16.5 Å². The Morgan fingerprint density at radius 2 is 2.05 bits per heavy atom. The molecule has 1 aromatic rings. The third-order valence-electron chi connectivity index (χ3n) is 3.80. The van der Waals surface area contributed by atoms with Crippen molar-refractivity contribution in [1.29, 1.82) is 0 Å². The summed E-state index contributed by atoms with van der Waals surface area (Å²) >= 11 is 0. The third kappa shape index (κ3) is 3.65. The molecule has 1 aliphatic rings. The molecule has 2 heterocycles. The second kappa shape index (κ2) is 6.91. The van der Waals surface area contributed by atoms with Crippen LogP contribution in [-0.4, -0.2) is 61.4 Å². The standard InChI is InChI=1S/C15H21N3O3S/c1-3-12-22(20,21)13(2)15(19)18-10-8-17(9-11-18)14-6-4-5-7-16-14/h3-7,13H,1,8-12H2,2H3. The molecule has 22 heavy (non-hydrogen) atoms. The monoisotopic (exact) mass is 323 g/mol. The van der Waals surface area contributed by atoms with Crippen molar-refractivity contribution < 1.29 is 13.2 Å². The highest BCUT2D eigenvalue weighted by Crippen LogP contribution is 2.14. The molecule has 7 heteroatoms. The molecule has 0 saturated carbocycles. The number of amides is 1. The van der Waals surface area contributed by atoms with Gasteiger partial charge in [0.1, 0.15) is 11.1 Å². The second-order valence-corrected chi connectivity index (χ2v) is 7.63. The first kappa shape index (κ1) is 16.5. The number of hydrogen-bond donors (Lipinski definition) is 0. The van der Waals surface area contributed by atoms with Crippen LogP contribution in [0.1, 0.15) is 6.92 Å². The van der Waals surface area contributed by atoms with Crippen LogP contribution in [0.15, 0.2) is 37.1 Å². The molecule has 0 spiro atoms. The number of carbonyl (C=O) groups is 1. The molecule has 2 rings (SSSR count). The third-order valence-corrected chi connectivity index (χ3v) is 5.78. The number of pyridine rings is 1. The topological polar surface area (TPSA) is 70.6 Å². The number of piperazine rings is 1. The molecule has 0 bridgehead atoms. The van der Waals surface area contributed by atoms with Crippen molar-refractivity contribution in [2.24, 2.45) is 0 Å². The van der Waals surface area contributed by atoms with Gasteiger partial charge in [-0.25, -0.2) is 13.4 Å². The number of hydrogen-bond acceptors (Lipinski definition) is 5. The number of rotatable bonds is 5. The lowest BCUT2D eigenvalue weighted by Gasteiger charge is -2.36. The molecular formula is C15H21N3O3S. The van der Waals surface area contributed by atoms with Gasteiger partial charge in [0.2, 0.25) is 5.91 Å². The minimum absolute atomic E-state index is 0.173. The van der Waals surface area contributed by atoms with E-state index in [9.17, 15) is 13.2 Å². The Morgan fingerprint density at radius 3 is 2.59 bits per heavy atom. The molecule has 1 amide bonds. The lowest BCUT2D eigenvalue weighted by atomic mass is 10.2. The van der Waals surface area contributed by atoms with Crippen molar-refractivity contribution in [3.8, 4) is 0 Å². The van der Waals surface area contributed by atoms with Crippen molar-refractivity contribution in [2.75, 3.05) is 36.8 Å². The summed E-state index contributed by atoms with van der Waals surface area (Å²) < 4.78 is 23.9. The lowest BCUT2D eigenvalue weighted by Crippen LogP contribution is -2.52. The van der Waals surface area contributed by atoms with Crippen molar-refractivity contribution in [1.82, 2.24) is 9.88 Å². The summed E-state index contributed by atoms with van der Waals surface area (Å²) in [4.78, 5) is 20.3. The van der Waals surface area contributed by atoms with E-state index < -0.39 is 15.1 Å². The Morgan fingerprint density at radius 1 is 1.36 bits per heavy atom. The van der Waals surface area contributed by atoms with Crippen LogP contribution < -0.4 is 4.90 Å². The minimum Gasteiger partial charge on any atom is -0.353 e. The van der Waals surface area contributed by atoms with Gasteiger partial charge in [0.25, 0.3) is 0 Å². The highest BCUT2D eigenvalue weighted by molar-refractivity contribution is 7.92. The van der Waals surface area contributed by atoms with Crippen molar-refractivity contribution in [3.63, 3.8) is 0 Å². The molecule has 1 aliphatic heterocycles. The summed E-state index contributed by atoms with van der Waals surface area (Å²) in [5, 5.41) is -1.02. The molecule has 120 valence electrons. The van der Waals surface area contributed by atoms with Gasteiger partial charge in [-0.15, -0.1) is 6.58 Å². The first-order chi connectivity index (χ1) is 10.5. The SMILES string of the molecule is C=CCS(=O)(=O)C(C)C(=O)N1CCN(c2ccccn2)CC1. The van der Waals surface area contributed by atoms with E-state index in [-0.39, 0.29) is 11.7 Å². The normalized spacial score (nSPS) is 17.1. The van der Waals surface area contributed by atoms with Gasteiger partial charge in [0, 0.05) is 32.4 Å². The van der Waals surface area contributed by atoms with Crippen molar-refractivity contribution in [2.45, 2.75) is 12.2 Å². The van der Waals surface area contributed by atoms with Crippen LogP contribution in [0, 0.1) is 0 Å². The van der Waals surface area contributed by atoms with Gasteiger partial charge in [-0.1, -0.05) is 12.1 Å². The molecular weight excluding hydrogens is 302 g/mol. The maximum Gasteiger partial charge on any atom is 0.240 e. The fourth-order valence-electron chi connectivity index (χ4n) is 2.42. The van der Waals surface area contributed by atoms with Crippen LogP contribution in [0.25, 0.3) is 0 Å². The van der Waals surface area contributed by atoms with Crippen molar-refractivity contribution in [3.05, 3.63) is 37.1 Å². The summed E-state index contributed by atoms with van der Waals surface area (Å²) in [5.41, 5.74) is 0. The fourth-order valence-corrected chi connectivity index (χ4v) is 3.49. The summed E-state index contributed by atoms with van der Waals surface area (Å²) in [5.74, 6) is 0.373. The van der Waals surface area contributed by atoms with Crippen LogP contribution in [0.2, 0.25) is 0 Å². The number of nitrogens with zero attached hydrogens (tertiary/aromatic N) is 3. The van der Waals surface area contributed by atoms with E-state index in [4.69, 9.17) is 0 Å². The lowest BCUT2D eigenvalue weighted by molar-refractivity contribution is -0.130. The van der Waals surface area contributed by atoms with E-state index in [1.165, 1.54) is 13.0 Å². The molecule has 0 radical (unpaired) electrons. The van der Waals surface area contributed by atoms with Crippen LogP contribution in [0.4, 0.5) is 5.82 Å². The van der Waals surface area contributed by atoms with E-state index in [1.807, 2.05) is 18.2 Å². The zero-order valence-corrected chi connectivity index (χ0v) is 13.5. The molecule has 6 nitrogen and oxygen atoms in total. The largest absolute Gasteiger partial charge is 0.353 e. The van der Waals surface area contributed by atoms with Gasteiger partial charge in [-0.2, -0.15) is 0 Å². The molecule has 0 aromatic carbocycles. The Labute approximate surface area is 131 Å². The van der Waals surface area contributed by atoms with Gasteiger partial charge in [-0.05, 0) is 19.1 Å². The first-order valence-corrected chi connectivity index (χ1v) is 8.94. The van der Waals surface area contributed by atoms with Gasteiger partial charge >= 0.3 is 0 Å². The number of carbonyl (C=O) groups excluding carboxylic acids is 1. The molecule has 0 aliphatic carbocycles. The van der Waals surface area contributed by atoms with Gasteiger partial charge in [0.15, 0.2) is 9.84 Å². The quantitative estimate of drug-likeness (QED) is 0.747. The van der Waals surface area contributed by atoms with Crippen LogP contribution >= 0.6 is 0 Å². The zero-order valence-electron chi connectivity index (χ0n) is 12.7. The Balaban J connectivity index is 1.97. The molecule has 1 fully saturated rings. The smallest absolute Gasteiger partial charge is 0.240 e. The van der Waals surface area contributed by atoms with E-state index in [0.29, 0.717) is 26.2 Å². The summed E-state index contributed by atoms with van der Waals surface area (Å²) in [6, 6.07) is 5.70. The number of anilines is 1. The van der Waals surface area contributed by atoms with Crippen LogP contribution in [0.3, 0.4) is 0 Å². The minimum atomic E-state index is -3.46. The zero-order chi connectivity index (χ0) is 16.2. The van der Waals surface area contributed by atoms with E-state index >= 15 is 0 Å². The van der Waals surface area contributed by atoms with E-state index in [0.717, 1.165) is 5.82 Å². The first-order valence-electron chi connectivity index (χ1n) is 7.23. The summed E-state index contributed by atoms with van der Waals surface area (Å²) in [6.45, 7) is 7.18. The second-order valence-electron chi connectivity index (χ2n) is 5.26. The van der Waals surface area contributed by atoms with Gasteiger partial charge in [0.05, 0.1) is 5.75 Å². The average Bonchev–Trinajstić information content (AvgIpc) is 2.54.